The fraction of sp³-hybridized carbons (Fsp3) is 0.552. The Morgan fingerprint density at radius 1 is 1.24 bits per heavy atom. The molecular formula is C29H37N7O4S. The van der Waals surface area contributed by atoms with Gasteiger partial charge in [-0.2, -0.15) is 17.0 Å². The highest BCUT2D eigenvalue weighted by molar-refractivity contribution is 7.99. The van der Waals surface area contributed by atoms with Crippen LogP contribution in [0, 0.1) is 17.2 Å². The van der Waals surface area contributed by atoms with Crippen LogP contribution in [-0.2, 0) is 33.7 Å². The maximum Gasteiger partial charge on any atom is 0.328 e. The van der Waals surface area contributed by atoms with Gasteiger partial charge in [-0.25, -0.2) is 14.8 Å². The molecule has 0 aromatic carbocycles. The van der Waals surface area contributed by atoms with E-state index in [1.54, 1.807) is 25.3 Å². The number of carbonyl (C=O) groups is 2. The van der Waals surface area contributed by atoms with Gasteiger partial charge in [0, 0.05) is 46.6 Å². The number of fused-ring (bicyclic) bond motifs is 1. The van der Waals surface area contributed by atoms with Gasteiger partial charge in [0.2, 0.25) is 12.2 Å². The number of hydrogen-bond acceptors (Lipinski definition) is 9. The lowest BCUT2D eigenvalue weighted by molar-refractivity contribution is -0.136. The number of nitrogens with zero attached hydrogens (tertiary/aromatic N) is 6. The van der Waals surface area contributed by atoms with Gasteiger partial charge in [-0.15, -0.1) is 0 Å². The molecule has 5 heterocycles. The maximum atomic E-state index is 13.6. The molecule has 1 atom stereocenters. The Morgan fingerprint density at radius 2 is 2.07 bits per heavy atom. The average Bonchev–Trinajstić information content (AvgIpc) is 3.48. The third kappa shape index (κ3) is 6.64. The molecule has 218 valence electrons. The van der Waals surface area contributed by atoms with Crippen LogP contribution in [0.15, 0.2) is 18.3 Å². The molecule has 1 N–H and O–H groups in total. The van der Waals surface area contributed by atoms with Crippen molar-refractivity contribution in [3.63, 3.8) is 0 Å². The highest BCUT2D eigenvalue weighted by Crippen LogP contribution is 2.33. The summed E-state index contributed by atoms with van der Waals surface area (Å²) in [5.41, 5.74) is 3.79. The van der Waals surface area contributed by atoms with Crippen molar-refractivity contribution < 1.29 is 19.1 Å². The van der Waals surface area contributed by atoms with E-state index in [0.717, 1.165) is 60.4 Å². The van der Waals surface area contributed by atoms with Gasteiger partial charge in [0.1, 0.15) is 23.4 Å². The van der Waals surface area contributed by atoms with Crippen LogP contribution >= 0.6 is 11.8 Å². The minimum atomic E-state index is -0.749. The number of aromatic nitrogens is 2. The molecule has 3 aliphatic heterocycles. The lowest BCUT2D eigenvalue weighted by Gasteiger charge is -2.34. The predicted molar refractivity (Wildman–Crippen MR) is 157 cm³/mol. The van der Waals surface area contributed by atoms with E-state index in [0.29, 0.717) is 55.0 Å². The molecule has 2 saturated heterocycles. The quantitative estimate of drug-likeness (QED) is 0.470. The number of amides is 3. The van der Waals surface area contributed by atoms with Crippen molar-refractivity contribution in [2.45, 2.75) is 38.5 Å². The summed E-state index contributed by atoms with van der Waals surface area (Å²) in [6.07, 6.45) is 4.26. The molecule has 2 fully saturated rings. The monoisotopic (exact) mass is 579 g/mol. The van der Waals surface area contributed by atoms with Crippen LogP contribution in [-0.4, -0.2) is 90.7 Å². The number of nitriles is 1. The third-order valence-electron chi connectivity index (χ3n) is 7.92. The number of piperazine rings is 1. The van der Waals surface area contributed by atoms with E-state index in [1.165, 1.54) is 0 Å². The van der Waals surface area contributed by atoms with Gasteiger partial charge in [0.25, 0.3) is 0 Å². The zero-order valence-corrected chi connectivity index (χ0v) is 24.7. The van der Waals surface area contributed by atoms with Crippen LogP contribution in [0.3, 0.4) is 0 Å². The number of hydrogen-bond donors (Lipinski definition) is 1. The maximum absolute atomic E-state index is 13.6. The molecule has 12 heteroatoms. The molecule has 2 aromatic rings. The van der Waals surface area contributed by atoms with Crippen molar-refractivity contribution in [3.05, 3.63) is 46.3 Å². The molecule has 41 heavy (non-hydrogen) atoms. The molecule has 3 amide bonds. The zero-order valence-electron chi connectivity index (χ0n) is 23.9. The van der Waals surface area contributed by atoms with Crippen molar-refractivity contribution in [1.82, 2.24) is 19.8 Å². The first-order chi connectivity index (χ1) is 19.9. The standard InChI is InChI=1S/C29H37N7O4S/c1-34-8-9-35(25(37)17-34)16-22-12-20-5-4-7-36(27(20)33-26(22)28(39-2)40-3)29(38)32-24-13-21(23(14-30)15-31-24)11-19-6-10-41-18-19/h12-13,15,19,28H,4-11,16-18H2,1-3H3,(H,31,32,38). The Kier molecular flexibility index (Phi) is 9.39. The fourth-order valence-corrected chi connectivity index (χ4v) is 6.96. The minimum absolute atomic E-state index is 0.0655. The summed E-state index contributed by atoms with van der Waals surface area (Å²) in [6.45, 7) is 2.70. The third-order valence-corrected chi connectivity index (χ3v) is 9.15. The second-order valence-corrected chi connectivity index (χ2v) is 12.0. The van der Waals surface area contributed by atoms with E-state index in [9.17, 15) is 14.9 Å². The molecule has 0 saturated carbocycles. The molecule has 11 nitrogen and oxygen atoms in total. The van der Waals surface area contributed by atoms with Gasteiger partial charge < -0.3 is 14.4 Å². The largest absolute Gasteiger partial charge is 0.350 e. The minimum Gasteiger partial charge on any atom is -0.350 e. The van der Waals surface area contributed by atoms with E-state index in [-0.39, 0.29) is 11.9 Å². The Morgan fingerprint density at radius 3 is 2.78 bits per heavy atom. The topological polar surface area (TPSA) is 124 Å². The molecule has 0 spiro atoms. The summed E-state index contributed by atoms with van der Waals surface area (Å²) in [5.74, 6) is 3.79. The van der Waals surface area contributed by atoms with Gasteiger partial charge in [0.05, 0.1) is 12.1 Å². The van der Waals surface area contributed by atoms with Crippen LogP contribution in [0.2, 0.25) is 0 Å². The summed E-state index contributed by atoms with van der Waals surface area (Å²) >= 11 is 1.94. The molecule has 0 aliphatic carbocycles. The summed E-state index contributed by atoms with van der Waals surface area (Å²) in [5, 5.41) is 12.5. The van der Waals surface area contributed by atoms with Crippen LogP contribution in [0.1, 0.15) is 47.1 Å². The van der Waals surface area contributed by atoms with Crippen molar-refractivity contribution >= 4 is 35.3 Å². The molecule has 3 aliphatic rings. The smallest absolute Gasteiger partial charge is 0.328 e. The number of anilines is 2. The van der Waals surface area contributed by atoms with E-state index < -0.39 is 6.29 Å². The Balaban J connectivity index is 1.40. The molecule has 1 unspecified atom stereocenters. The molecule has 0 radical (unpaired) electrons. The van der Waals surface area contributed by atoms with E-state index in [1.807, 2.05) is 40.7 Å². The van der Waals surface area contributed by atoms with Crippen molar-refractivity contribution in [2.24, 2.45) is 5.92 Å². The van der Waals surface area contributed by atoms with Crippen LogP contribution < -0.4 is 10.2 Å². The first kappa shape index (κ1) is 29.3. The van der Waals surface area contributed by atoms with Crippen molar-refractivity contribution in [3.8, 4) is 6.07 Å². The van der Waals surface area contributed by atoms with Crippen LogP contribution in [0.4, 0.5) is 16.4 Å². The zero-order chi connectivity index (χ0) is 28.9. The highest BCUT2D eigenvalue weighted by Gasteiger charge is 2.30. The Labute approximate surface area is 245 Å². The second kappa shape index (κ2) is 13.2. The number of likely N-dealkylation sites (N-methyl/N-ethyl adjacent to an activating group) is 1. The Hall–Kier alpha value is -3.24. The van der Waals surface area contributed by atoms with Crippen molar-refractivity contribution in [1.29, 1.82) is 5.26 Å². The normalized spacial score (nSPS) is 19.4. The van der Waals surface area contributed by atoms with Crippen LogP contribution in [0.5, 0.6) is 0 Å². The number of carbonyl (C=O) groups excluding carboxylic acids is 2. The number of methoxy groups -OCH3 is 2. The fourth-order valence-electron chi connectivity index (χ4n) is 5.67. The summed E-state index contributed by atoms with van der Waals surface area (Å²) in [6, 6.07) is 5.76. The average molecular weight is 580 g/mol. The number of urea groups is 1. The van der Waals surface area contributed by atoms with Gasteiger partial charge in [0.15, 0.2) is 0 Å². The summed E-state index contributed by atoms with van der Waals surface area (Å²) < 4.78 is 11.2. The predicted octanol–water partition coefficient (Wildman–Crippen LogP) is 3.19. The first-order valence-electron chi connectivity index (χ1n) is 14.0. The van der Waals surface area contributed by atoms with E-state index >= 15 is 0 Å². The number of pyridine rings is 2. The molecule has 5 rings (SSSR count). The SMILES string of the molecule is COC(OC)c1nc2c(cc1CN1CCN(C)CC1=O)CCCN2C(=O)Nc1cc(CC2CCSC2)c(C#N)cn1. The molecule has 2 aromatic heterocycles. The number of thioether (sulfide) groups is 1. The highest BCUT2D eigenvalue weighted by atomic mass is 32.2. The number of nitrogens with one attached hydrogen (secondary N) is 1. The molecule has 0 bridgehead atoms. The number of ether oxygens (including phenoxy) is 2. The van der Waals surface area contributed by atoms with Gasteiger partial charge in [-0.1, -0.05) is 0 Å². The Bertz CT molecular complexity index is 1320. The van der Waals surface area contributed by atoms with Gasteiger partial charge in [-0.05, 0) is 79.0 Å². The van der Waals surface area contributed by atoms with Gasteiger partial charge in [-0.3, -0.25) is 19.9 Å². The van der Waals surface area contributed by atoms with Crippen LogP contribution in [0.25, 0.3) is 0 Å². The first-order valence-corrected chi connectivity index (χ1v) is 15.2. The lowest BCUT2D eigenvalue weighted by Crippen LogP contribution is -2.48. The molecular weight excluding hydrogens is 542 g/mol. The summed E-state index contributed by atoms with van der Waals surface area (Å²) in [4.78, 5) is 41.0. The number of aryl methyl sites for hydroxylation is 1. The van der Waals surface area contributed by atoms with Gasteiger partial charge >= 0.3 is 6.03 Å². The second-order valence-electron chi connectivity index (χ2n) is 10.8. The summed E-state index contributed by atoms with van der Waals surface area (Å²) in [7, 11) is 5.03. The van der Waals surface area contributed by atoms with E-state index in [2.05, 4.69) is 16.4 Å². The number of rotatable bonds is 8. The van der Waals surface area contributed by atoms with Crippen molar-refractivity contribution in [2.75, 3.05) is 69.2 Å². The van der Waals surface area contributed by atoms with E-state index in [4.69, 9.17) is 14.5 Å². The lowest BCUT2D eigenvalue weighted by atomic mass is 9.96.